The molecule has 174 valence electrons. The normalized spacial score (nSPS) is 11.8. The van der Waals surface area contributed by atoms with Gasteiger partial charge in [0.05, 0.1) is 4.47 Å². The maximum Gasteiger partial charge on any atom is 0.261 e. The van der Waals surface area contributed by atoms with E-state index in [1.165, 1.54) is 0 Å². The fourth-order valence-electron chi connectivity index (χ4n) is 3.64. The molecular formula is C27H31BrN2O3. The number of benzene rings is 3. The zero-order chi connectivity index (χ0) is 23.8. The van der Waals surface area contributed by atoms with Crippen LogP contribution in [0.15, 0.2) is 65.1 Å². The number of nitrogens with one attached hydrogen (secondary N) is 1. The number of halogens is 1. The lowest BCUT2D eigenvalue weighted by atomic mass is 10.1. The molecular weight excluding hydrogens is 480 g/mol. The topological polar surface area (TPSA) is 58.6 Å². The summed E-state index contributed by atoms with van der Waals surface area (Å²) in [5, 5.41) is 5.04. The van der Waals surface area contributed by atoms with Crippen LogP contribution in [0.1, 0.15) is 37.8 Å². The van der Waals surface area contributed by atoms with Crippen LogP contribution < -0.4 is 10.1 Å². The van der Waals surface area contributed by atoms with Crippen molar-refractivity contribution in [2.24, 2.45) is 0 Å². The van der Waals surface area contributed by atoms with Crippen LogP contribution in [0.5, 0.6) is 5.75 Å². The Bertz CT molecular complexity index is 1120. The molecule has 0 aliphatic carbocycles. The molecule has 0 unspecified atom stereocenters. The smallest absolute Gasteiger partial charge is 0.261 e. The maximum atomic E-state index is 13.3. The summed E-state index contributed by atoms with van der Waals surface area (Å²) in [5.74, 6) is 0.201. The van der Waals surface area contributed by atoms with E-state index >= 15 is 0 Å². The minimum Gasteiger partial charge on any atom is -0.483 e. The Morgan fingerprint density at radius 1 is 1.06 bits per heavy atom. The molecule has 0 spiro atoms. The van der Waals surface area contributed by atoms with E-state index in [0.717, 1.165) is 39.2 Å². The molecule has 3 rings (SSSR count). The highest BCUT2D eigenvalue weighted by Crippen LogP contribution is 2.33. The molecule has 6 heteroatoms. The number of carbonyl (C=O) groups is 2. The van der Waals surface area contributed by atoms with E-state index in [0.29, 0.717) is 18.8 Å². The highest BCUT2D eigenvalue weighted by atomic mass is 79.9. The third-order valence-corrected chi connectivity index (χ3v) is 6.60. The van der Waals surface area contributed by atoms with E-state index in [9.17, 15) is 9.59 Å². The molecule has 1 atom stereocenters. The number of hydrogen-bond donors (Lipinski definition) is 1. The van der Waals surface area contributed by atoms with E-state index in [1.54, 1.807) is 11.8 Å². The lowest BCUT2D eigenvalue weighted by Crippen LogP contribution is -2.49. The fraction of sp³-hybridized carbons (Fsp3) is 0.333. The number of carbonyl (C=O) groups excluding carboxylic acids is 2. The number of hydrogen-bond acceptors (Lipinski definition) is 3. The van der Waals surface area contributed by atoms with Gasteiger partial charge in [0.1, 0.15) is 11.8 Å². The Balaban J connectivity index is 1.77. The summed E-state index contributed by atoms with van der Waals surface area (Å²) in [6, 6.07) is 19.1. The third kappa shape index (κ3) is 6.35. The lowest BCUT2D eigenvalue weighted by Gasteiger charge is -2.29. The van der Waals surface area contributed by atoms with Gasteiger partial charge >= 0.3 is 0 Å². The standard InChI is InChI=1S/C27H31BrN2O3/c1-4-5-16-29-27(32)20(3)30(17-22-12-7-6-10-19(22)2)25(31)18-33-24-15-14-21-11-8-9-13-23(21)26(24)28/h6-15,20H,4-5,16-18H2,1-3H3,(H,29,32)/t20-/m0/s1. The van der Waals surface area contributed by atoms with Crippen molar-refractivity contribution in [3.8, 4) is 5.75 Å². The third-order valence-electron chi connectivity index (χ3n) is 5.78. The molecule has 0 aliphatic heterocycles. The number of aryl methyl sites for hydroxylation is 1. The van der Waals surface area contributed by atoms with Crippen LogP contribution in [0.25, 0.3) is 10.8 Å². The van der Waals surface area contributed by atoms with Gasteiger partial charge in [-0.05, 0) is 64.2 Å². The van der Waals surface area contributed by atoms with Gasteiger partial charge in [0.15, 0.2) is 6.61 Å². The molecule has 3 aromatic carbocycles. The number of ether oxygens (including phenoxy) is 1. The van der Waals surface area contributed by atoms with Crippen LogP contribution in [-0.2, 0) is 16.1 Å². The van der Waals surface area contributed by atoms with E-state index in [-0.39, 0.29) is 18.4 Å². The van der Waals surface area contributed by atoms with E-state index < -0.39 is 6.04 Å². The fourth-order valence-corrected chi connectivity index (χ4v) is 4.24. The first kappa shape index (κ1) is 24.8. The molecule has 2 amide bonds. The number of unbranched alkanes of at least 4 members (excludes halogenated alkanes) is 1. The molecule has 0 bridgehead atoms. The Hall–Kier alpha value is -2.86. The molecule has 0 saturated carbocycles. The molecule has 5 nitrogen and oxygen atoms in total. The number of fused-ring (bicyclic) bond motifs is 1. The van der Waals surface area contributed by atoms with Crippen molar-refractivity contribution in [2.45, 2.75) is 46.2 Å². The molecule has 0 aromatic heterocycles. The number of nitrogens with zero attached hydrogens (tertiary/aromatic N) is 1. The second-order valence-corrected chi connectivity index (χ2v) is 8.95. The number of amides is 2. The summed E-state index contributed by atoms with van der Waals surface area (Å²) in [6.07, 6.45) is 1.90. The summed E-state index contributed by atoms with van der Waals surface area (Å²) in [7, 11) is 0. The second-order valence-electron chi connectivity index (χ2n) is 8.16. The summed E-state index contributed by atoms with van der Waals surface area (Å²) >= 11 is 3.61. The van der Waals surface area contributed by atoms with Gasteiger partial charge < -0.3 is 15.0 Å². The van der Waals surface area contributed by atoms with E-state index in [4.69, 9.17) is 4.74 Å². The molecule has 0 aliphatic rings. The Morgan fingerprint density at radius 2 is 1.79 bits per heavy atom. The Labute approximate surface area is 204 Å². The van der Waals surface area contributed by atoms with E-state index in [2.05, 4.69) is 28.2 Å². The zero-order valence-electron chi connectivity index (χ0n) is 19.4. The van der Waals surface area contributed by atoms with Crippen molar-refractivity contribution < 1.29 is 14.3 Å². The molecule has 33 heavy (non-hydrogen) atoms. The minimum absolute atomic E-state index is 0.155. The van der Waals surface area contributed by atoms with Crippen LogP contribution >= 0.6 is 15.9 Å². The predicted octanol–water partition coefficient (Wildman–Crippen LogP) is 5.62. The average molecular weight is 511 g/mol. The van der Waals surface area contributed by atoms with Crippen LogP contribution in [0.4, 0.5) is 0 Å². The highest BCUT2D eigenvalue weighted by molar-refractivity contribution is 9.10. The van der Waals surface area contributed by atoms with Crippen molar-refractivity contribution in [1.82, 2.24) is 10.2 Å². The van der Waals surface area contributed by atoms with Crippen LogP contribution in [0, 0.1) is 6.92 Å². The highest BCUT2D eigenvalue weighted by Gasteiger charge is 2.27. The van der Waals surface area contributed by atoms with Gasteiger partial charge in [-0.25, -0.2) is 0 Å². The van der Waals surface area contributed by atoms with Gasteiger partial charge in [-0.1, -0.05) is 67.9 Å². The van der Waals surface area contributed by atoms with E-state index in [1.807, 2.05) is 67.6 Å². The van der Waals surface area contributed by atoms with Gasteiger partial charge in [0.2, 0.25) is 5.91 Å². The van der Waals surface area contributed by atoms with Gasteiger partial charge in [-0.2, -0.15) is 0 Å². The van der Waals surface area contributed by atoms with Crippen LogP contribution in [-0.4, -0.2) is 35.9 Å². The first-order chi connectivity index (χ1) is 15.9. The maximum absolute atomic E-state index is 13.3. The largest absolute Gasteiger partial charge is 0.483 e. The number of rotatable bonds is 10. The predicted molar refractivity (Wildman–Crippen MR) is 136 cm³/mol. The SMILES string of the molecule is CCCCNC(=O)[C@H](C)N(Cc1ccccc1C)C(=O)COc1ccc2ccccc2c1Br. The van der Waals surface area contributed by atoms with Crippen molar-refractivity contribution in [2.75, 3.05) is 13.2 Å². The van der Waals surface area contributed by atoms with Crippen molar-refractivity contribution in [3.63, 3.8) is 0 Å². The zero-order valence-corrected chi connectivity index (χ0v) is 21.0. The lowest BCUT2D eigenvalue weighted by molar-refractivity contribution is -0.142. The Kier molecular flexibility index (Phi) is 8.89. The van der Waals surface area contributed by atoms with Crippen LogP contribution in [0.3, 0.4) is 0 Å². The van der Waals surface area contributed by atoms with Crippen molar-refractivity contribution >= 4 is 38.5 Å². The first-order valence-corrected chi connectivity index (χ1v) is 12.1. The average Bonchev–Trinajstić information content (AvgIpc) is 2.82. The van der Waals surface area contributed by atoms with Crippen molar-refractivity contribution in [3.05, 3.63) is 76.3 Å². The Morgan fingerprint density at radius 3 is 2.55 bits per heavy atom. The summed E-state index contributed by atoms with van der Waals surface area (Å²) < 4.78 is 6.72. The monoisotopic (exact) mass is 510 g/mol. The molecule has 0 radical (unpaired) electrons. The van der Waals surface area contributed by atoms with Crippen LogP contribution in [0.2, 0.25) is 0 Å². The van der Waals surface area contributed by atoms with Gasteiger partial charge in [-0.15, -0.1) is 0 Å². The molecule has 0 fully saturated rings. The second kappa shape index (κ2) is 11.8. The molecule has 3 aromatic rings. The van der Waals surface area contributed by atoms with Gasteiger partial charge in [-0.3, -0.25) is 9.59 Å². The molecule has 1 N–H and O–H groups in total. The summed E-state index contributed by atoms with van der Waals surface area (Å²) in [5.41, 5.74) is 2.08. The quantitative estimate of drug-likeness (QED) is 0.360. The van der Waals surface area contributed by atoms with Gasteiger partial charge in [0, 0.05) is 13.1 Å². The first-order valence-electron chi connectivity index (χ1n) is 11.3. The summed E-state index contributed by atoms with van der Waals surface area (Å²) in [6.45, 7) is 6.64. The molecule has 0 heterocycles. The summed E-state index contributed by atoms with van der Waals surface area (Å²) in [4.78, 5) is 27.6. The molecule has 0 saturated heterocycles. The van der Waals surface area contributed by atoms with Crippen molar-refractivity contribution in [1.29, 1.82) is 0 Å². The minimum atomic E-state index is -0.613. The van der Waals surface area contributed by atoms with Gasteiger partial charge in [0.25, 0.3) is 5.91 Å².